The molecule has 4 aromatic rings. The number of nitrogens with zero attached hydrogens (tertiary/aromatic N) is 1. The van der Waals surface area contributed by atoms with Crippen molar-refractivity contribution in [3.8, 4) is 11.5 Å². The second-order valence-electron chi connectivity index (χ2n) is 7.40. The molecule has 1 aromatic heterocycles. The minimum Gasteiger partial charge on any atom is -0.478 e. The maximum atomic E-state index is 10.7. The summed E-state index contributed by atoms with van der Waals surface area (Å²) in [5.74, 6) is -0.642. The fourth-order valence-electron chi connectivity index (χ4n) is 2.56. The van der Waals surface area contributed by atoms with Crippen LogP contribution < -0.4 is 5.73 Å². The summed E-state index contributed by atoms with van der Waals surface area (Å²) in [7, 11) is 0. The van der Waals surface area contributed by atoms with Crippen molar-refractivity contribution in [2.45, 2.75) is 20.8 Å². The van der Waals surface area contributed by atoms with Crippen molar-refractivity contribution in [1.29, 1.82) is 0 Å². The summed E-state index contributed by atoms with van der Waals surface area (Å²) in [5, 5.41) is 8.58. The van der Waals surface area contributed by atoms with Gasteiger partial charge in [0.05, 0.1) is 11.8 Å². The van der Waals surface area contributed by atoms with E-state index in [2.05, 4.69) is 52.8 Å². The van der Waals surface area contributed by atoms with E-state index < -0.39 is 11.9 Å². The third-order valence-electron chi connectivity index (χ3n) is 4.73. The molecule has 0 atom stereocenters. The Balaban J connectivity index is 0.000000186. The van der Waals surface area contributed by atoms with Gasteiger partial charge in [-0.1, -0.05) is 66.0 Å². The highest BCUT2D eigenvalue weighted by Gasteiger charge is 2.04. The van der Waals surface area contributed by atoms with Gasteiger partial charge in [0.25, 0.3) is 0 Å². The zero-order chi connectivity index (χ0) is 26.1. The van der Waals surface area contributed by atoms with Gasteiger partial charge < -0.3 is 15.3 Å². The molecule has 0 fully saturated rings. The van der Waals surface area contributed by atoms with E-state index in [1.165, 1.54) is 5.56 Å². The number of primary amides is 1. The van der Waals surface area contributed by atoms with Crippen molar-refractivity contribution in [3.63, 3.8) is 0 Å². The van der Waals surface area contributed by atoms with Crippen LogP contribution in [0.5, 0.6) is 0 Å². The molecule has 0 aliphatic carbocycles. The van der Waals surface area contributed by atoms with Gasteiger partial charge in [-0.05, 0) is 73.9 Å². The molecule has 0 unspecified atom stereocenters. The molecule has 0 saturated carbocycles. The maximum absolute atomic E-state index is 10.7. The average molecular weight is 667 g/mol. The molecule has 0 saturated heterocycles. The van der Waals surface area contributed by atoms with Gasteiger partial charge in [-0.15, -0.1) is 0 Å². The molecule has 0 aliphatic heterocycles. The Bertz CT molecular complexity index is 1260. The van der Waals surface area contributed by atoms with Gasteiger partial charge in [0.1, 0.15) is 6.26 Å². The number of rotatable bonds is 3. The molecular weight excluding hydrogens is 644 g/mol. The molecule has 182 valence electrons. The van der Waals surface area contributed by atoms with Gasteiger partial charge in [-0.25, -0.2) is 9.78 Å². The second kappa shape index (κ2) is 13.4. The maximum Gasteiger partial charge on any atom is 0.335 e. The van der Waals surface area contributed by atoms with Gasteiger partial charge in [0, 0.05) is 24.5 Å². The normalized spacial score (nSPS) is 9.89. The minimum atomic E-state index is -0.897. The summed E-state index contributed by atoms with van der Waals surface area (Å²) in [4.78, 5) is 25.2. The number of hydrogen-bond acceptors (Lipinski definition) is 4. The van der Waals surface area contributed by atoms with Crippen LogP contribution in [-0.4, -0.2) is 22.0 Å². The standard InChI is InChI=1S/C10H8BrNO.C8H8BrNO.C8H7BrO2/c1-7-2-3-8(6-9(7)11)10-12-4-5-13-10;2*1-5-2-3-6(8(10)11)4-7(5)9/h2-6H,1H3;2-4H,1H3,(H2,10,11);2-4H,1H3,(H,10,11). The molecule has 1 heterocycles. The number of carbonyl (C=O) groups is 2. The number of aromatic nitrogens is 1. The highest BCUT2D eigenvalue weighted by atomic mass is 79.9. The molecule has 1 amide bonds. The highest BCUT2D eigenvalue weighted by molar-refractivity contribution is 9.11. The number of nitrogens with two attached hydrogens (primary N) is 1. The predicted octanol–water partition coefficient (Wildman–Crippen LogP) is 7.72. The fourth-order valence-corrected chi connectivity index (χ4v) is 3.70. The Morgan fingerprint density at radius 1 is 0.800 bits per heavy atom. The Labute approximate surface area is 229 Å². The topological polar surface area (TPSA) is 106 Å². The first kappa shape index (κ1) is 28.5. The number of oxazole rings is 1. The molecule has 3 N–H and O–H groups in total. The van der Waals surface area contributed by atoms with Crippen LogP contribution in [0.1, 0.15) is 37.4 Å². The van der Waals surface area contributed by atoms with Crippen LogP contribution in [0.15, 0.2) is 84.9 Å². The van der Waals surface area contributed by atoms with E-state index in [9.17, 15) is 9.59 Å². The van der Waals surface area contributed by atoms with Crippen molar-refractivity contribution in [2.24, 2.45) is 5.73 Å². The van der Waals surface area contributed by atoms with E-state index in [1.54, 1.807) is 42.8 Å². The third kappa shape index (κ3) is 8.76. The Morgan fingerprint density at radius 2 is 1.29 bits per heavy atom. The van der Waals surface area contributed by atoms with Gasteiger partial charge in [-0.3, -0.25) is 4.79 Å². The van der Waals surface area contributed by atoms with Crippen molar-refractivity contribution in [2.75, 3.05) is 0 Å². The minimum absolute atomic E-state index is 0.308. The van der Waals surface area contributed by atoms with Crippen molar-refractivity contribution < 1.29 is 19.1 Å². The molecule has 0 bridgehead atoms. The van der Waals surface area contributed by atoms with E-state index in [0.717, 1.165) is 30.1 Å². The van der Waals surface area contributed by atoms with E-state index >= 15 is 0 Å². The lowest BCUT2D eigenvalue weighted by atomic mass is 10.1. The number of aryl methyl sites for hydroxylation is 3. The van der Waals surface area contributed by atoms with Crippen molar-refractivity contribution in [3.05, 3.63) is 108 Å². The number of carboxylic acids is 1. The summed E-state index contributed by atoms with van der Waals surface area (Å²) in [6.07, 6.45) is 3.21. The predicted molar refractivity (Wildman–Crippen MR) is 148 cm³/mol. The second-order valence-corrected chi connectivity index (χ2v) is 9.96. The summed E-state index contributed by atoms with van der Waals surface area (Å²) < 4.78 is 8.00. The molecule has 4 rings (SSSR count). The van der Waals surface area contributed by atoms with Gasteiger partial charge in [0.2, 0.25) is 11.8 Å². The average Bonchev–Trinajstić information content (AvgIpc) is 3.35. The number of amides is 1. The lowest BCUT2D eigenvalue weighted by Crippen LogP contribution is -2.10. The molecule has 0 aliphatic rings. The SMILES string of the molecule is Cc1ccc(-c2ncco2)cc1Br.Cc1ccc(C(=O)O)cc1Br.Cc1ccc(C(N)=O)cc1Br. The number of hydrogen-bond donors (Lipinski definition) is 2. The quantitative estimate of drug-likeness (QED) is 0.233. The Kier molecular flexibility index (Phi) is 10.9. The zero-order valence-electron chi connectivity index (χ0n) is 19.2. The molecule has 35 heavy (non-hydrogen) atoms. The molecule has 3 aromatic carbocycles. The third-order valence-corrected chi connectivity index (χ3v) is 7.29. The monoisotopic (exact) mass is 664 g/mol. The lowest BCUT2D eigenvalue weighted by Gasteiger charge is -1.99. The summed E-state index contributed by atoms with van der Waals surface area (Å²) in [6.45, 7) is 5.91. The van der Waals surface area contributed by atoms with Crippen LogP contribution in [0.2, 0.25) is 0 Å². The number of carboxylic acid groups (broad SMARTS) is 1. The van der Waals surface area contributed by atoms with E-state index in [4.69, 9.17) is 15.3 Å². The van der Waals surface area contributed by atoms with Crippen LogP contribution in [-0.2, 0) is 0 Å². The molecule has 0 radical (unpaired) electrons. The first-order valence-corrected chi connectivity index (χ1v) is 12.6. The van der Waals surface area contributed by atoms with Crippen LogP contribution in [0.25, 0.3) is 11.5 Å². The van der Waals surface area contributed by atoms with Crippen molar-refractivity contribution >= 4 is 59.7 Å². The zero-order valence-corrected chi connectivity index (χ0v) is 23.9. The summed E-state index contributed by atoms with van der Waals surface area (Å²) in [5.41, 5.74) is 10.2. The summed E-state index contributed by atoms with van der Waals surface area (Å²) >= 11 is 10.0. The first-order chi connectivity index (χ1) is 16.5. The fraction of sp³-hybridized carbons (Fsp3) is 0.115. The smallest absolute Gasteiger partial charge is 0.335 e. The van der Waals surface area contributed by atoms with Gasteiger partial charge >= 0.3 is 5.97 Å². The van der Waals surface area contributed by atoms with E-state index in [0.29, 0.717) is 17.0 Å². The highest BCUT2D eigenvalue weighted by Crippen LogP contribution is 2.24. The van der Waals surface area contributed by atoms with Gasteiger partial charge in [-0.2, -0.15) is 0 Å². The largest absolute Gasteiger partial charge is 0.478 e. The van der Waals surface area contributed by atoms with Crippen LogP contribution in [0, 0.1) is 20.8 Å². The molecular formula is C26H23Br3N2O4. The molecule has 9 heteroatoms. The number of carbonyl (C=O) groups excluding carboxylic acids is 1. The first-order valence-electron chi connectivity index (χ1n) is 10.2. The number of aromatic carboxylic acids is 1. The number of halogens is 3. The van der Waals surface area contributed by atoms with Crippen LogP contribution in [0.3, 0.4) is 0 Å². The molecule has 0 spiro atoms. The van der Waals surface area contributed by atoms with E-state index in [1.807, 2.05) is 45.0 Å². The lowest BCUT2D eigenvalue weighted by molar-refractivity contribution is 0.0696. The van der Waals surface area contributed by atoms with E-state index in [-0.39, 0.29) is 0 Å². The molecule has 6 nitrogen and oxygen atoms in total. The summed E-state index contributed by atoms with van der Waals surface area (Å²) in [6, 6.07) is 16.3. The number of benzene rings is 3. The van der Waals surface area contributed by atoms with Crippen LogP contribution in [0.4, 0.5) is 0 Å². The van der Waals surface area contributed by atoms with Gasteiger partial charge in [0.15, 0.2) is 0 Å². The Hall–Kier alpha value is -2.75. The van der Waals surface area contributed by atoms with Crippen molar-refractivity contribution in [1.82, 2.24) is 4.98 Å². The van der Waals surface area contributed by atoms with Crippen LogP contribution >= 0.6 is 47.8 Å². The Morgan fingerprint density at radius 3 is 1.71 bits per heavy atom.